The highest BCUT2D eigenvalue weighted by Crippen LogP contribution is 2.27. The van der Waals surface area contributed by atoms with Gasteiger partial charge >= 0.3 is 6.03 Å². The molecule has 1 rings (SSSR count). The second-order valence-corrected chi connectivity index (χ2v) is 4.85. The molecule has 6 heteroatoms. The molecule has 0 aromatic heterocycles. The van der Waals surface area contributed by atoms with Crippen LogP contribution in [0.5, 0.6) is 0 Å². The van der Waals surface area contributed by atoms with Crippen molar-refractivity contribution in [2.45, 2.75) is 32.2 Å². The molecule has 0 heterocycles. The summed E-state index contributed by atoms with van der Waals surface area (Å²) in [7, 11) is 0. The van der Waals surface area contributed by atoms with Crippen LogP contribution in [0.1, 0.15) is 26.2 Å². The summed E-state index contributed by atoms with van der Waals surface area (Å²) in [6.07, 6.45) is 2.63. The number of hydrogen-bond acceptors (Lipinski definition) is 3. The zero-order valence-corrected chi connectivity index (χ0v) is 10.2. The van der Waals surface area contributed by atoms with Crippen LogP contribution in [0.25, 0.3) is 0 Å². The number of nitrogens with one attached hydrogen (secondary N) is 2. The minimum atomic E-state index is -0.576. The Kier molecular flexibility index (Phi) is 5.21. The van der Waals surface area contributed by atoms with Crippen LogP contribution < -0.4 is 22.1 Å². The summed E-state index contributed by atoms with van der Waals surface area (Å²) in [5.74, 6) is 0.527. The fraction of sp³-hybridized carbons (Fsp3) is 0.818. The van der Waals surface area contributed by atoms with Crippen molar-refractivity contribution < 1.29 is 9.59 Å². The fourth-order valence-corrected chi connectivity index (χ4v) is 2.39. The van der Waals surface area contributed by atoms with Crippen LogP contribution in [-0.4, -0.2) is 31.1 Å². The first-order chi connectivity index (χ1) is 7.99. The first-order valence-corrected chi connectivity index (χ1v) is 6.05. The van der Waals surface area contributed by atoms with Gasteiger partial charge in [0.1, 0.15) is 0 Å². The van der Waals surface area contributed by atoms with Gasteiger partial charge in [0.15, 0.2) is 0 Å². The van der Waals surface area contributed by atoms with Crippen molar-refractivity contribution in [2.24, 2.45) is 23.3 Å². The molecule has 1 fully saturated rings. The quantitative estimate of drug-likeness (QED) is 0.500. The van der Waals surface area contributed by atoms with Crippen molar-refractivity contribution in [1.82, 2.24) is 10.6 Å². The average Bonchev–Trinajstić information content (AvgIpc) is 2.22. The molecular weight excluding hydrogens is 220 g/mol. The molecule has 0 saturated heterocycles. The minimum Gasteiger partial charge on any atom is -0.354 e. The van der Waals surface area contributed by atoms with Crippen molar-refractivity contribution in [3.63, 3.8) is 0 Å². The molecule has 1 aliphatic carbocycles. The number of amides is 3. The Labute approximate surface area is 101 Å². The second-order valence-electron chi connectivity index (χ2n) is 4.85. The zero-order valence-electron chi connectivity index (χ0n) is 10.2. The summed E-state index contributed by atoms with van der Waals surface area (Å²) in [6, 6.07) is -0.453. The molecule has 6 N–H and O–H groups in total. The van der Waals surface area contributed by atoms with Gasteiger partial charge in [-0.2, -0.15) is 0 Å². The number of hydrogen-bond donors (Lipinski definition) is 4. The van der Waals surface area contributed by atoms with Crippen LogP contribution in [0, 0.1) is 11.8 Å². The van der Waals surface area contributed by atoms with Gasteiger partial charge < -0.3 is 22.1 Å². The van der Waals surface area contributed by atoms with E-state index in [0.29, 0.717) is 19.0 Å². The van der Waals surface area contributed by atoms with E-state index in [1.807, 2.05) is 0 Å². The third kappa shape index (κ3) is 5.04. The van der Waals surface area contributed by atoms with Crippen LogP contribution in [-0.2, 0) is 4.79 Å². The Hall–Kier alpha value is -1.30. The maximum absolute atomic E-state index is 11.8. The van der Waals surface area contributed by atoms with Gasteiger partial charge in [0.05, 0.1) is 0 Å². The summed E-state index contributed by atoms with van der Waals surface area (Å²) in [6.45, 7) is 2.88. The van der Waals surface area contributed by atoms with Crippen LogP contribution in [0.15, 0.2) is 0 Å². The fourth-order valence-electron chi connectivity index (χ4n) is 2.39. The summed E-state index contributed by atoms with van der Waals surface area (Å²) < 4.78 is 0. The van der Waals surface area contributed by atoms with Gasteiger partial charge in [0.25, 0.3) is 0 Å². The molecule has 0 bridgehead atoms. The molecule has 0 radical (unpaired) electrons. The largest absolute Gasteiger partial charge is 0.354 e. The lowest BCUT2D eigenvalue weighted by Gasteiger charge is -2.30. The third-order valence-electron chi connectivity index (χ3n) is 3.07. The van der Waals surface area contributed by atoms with Gasteiger partial charge in [-0.25, -0.2) is 4.79 Å². The average molecular weight is 242 g/mol. The SMILES string of the molecule is CC1CC(N)CC(C(=O)NCCNC(N)=O)C1. The van der Waals surface area contributed by atoms with E-state index >= 15 is 0 Å². The Morgan fingerprint density at radius 2 is 1.82 bits per heavy atom. The maximum atomic E-state index is 11.8. The molecular formula is C11H22N4O2. The minimum absolute atomic E-state index is 0.00216. The van der Waals surface area contributed by atoms with E-state index < -0.39 is 6.03 Å². The number of urea groups is 1. The number of nitrogens with two attached hydrogens (primary N) is 2. The Balaban J connectivity index is 2.24. The standard InChI is InChI=1S/C11H22N4O2/c1-7-4-8(6-9(12)5-7)10(16)14-2-3-15-11(13)17/h7-9H,2-6,12H2,1H3,(H,14,16)(H3,13,15,17). The van der Waals surface area contributed by atoms with Crippen LogP contribution in [0.3, 0.4) is 0 Å². The molecule has 0 spiro atoms. The number of carbonyl (C=O) groups excluding carboxylic acids is 2. The normalized spacial score (nSPS) is 28.5. The molecule has 3 atom stereocenters. The molecule has 0 aromatic carbocycles. The van der Waals surface area contributed by atoms with Gasteiger partial charge in [0, 0.05) is 25.0 Å². The second kappa shape index (κ2) is 6.44. The number of primary amides is 1. The van der Waals surface area contributed by atoms with Crippen molar-refractivity contribution in [3.05, 3.63) is 0 Å². The number of carbonyl (C=O) groups is 2. The van der Waals surface area contributed by atoms with E-state index in [4.69, 9.17) is 11.5 Å². The highest BCUT2D eigenvalue weighted by atomic mass is 16.2. The highest BCUT2D eigenvalue weighted by Gasteiger charge is 2.28. The van der Waals surface area contributed by atoms with E-state index in [-0.39, 0.29) is 17.9 Å². The molecule has 3 unspecified atom stereocenters. The van der Waals surface area contributed by atoms with E-state index in [1.165, 1.54) is 0 Å². The lowest BCUT2D eigenvalue weighted by Crippen LogP contribution is -2.43. The smallest absolute Gasteiger partial charge is 0.312 e. The molecule has 1 saturated carbocycles. The molecule has 0 aromatic rings. The number of rotatable bonds is 4. The van der Waals surface area contributed by atoms with Gasteiger partial charge in [-0.3, -0.25) is 4.79 Å². The predicted octanol–water partition coefficient (Wildman–Crippen LogP) is -0.466. The van der Waals surface area contributed by atoms with Gasteiger partial charge in [-0.05, 0) is 25.2 Å². The van der Waals surface area contributed by atoms with E-state index in [9.17, 15) is 9.59 Å². The lowest BCUT2D eigenvalue weighted by atomic mass is 9.79. The summed E-state index contributed by atoms with van der Waals surface area (Å²) in [5.41, 5.74) is 10.8. The van der Waals surface area contributed by atoms with Crippen molar-refractivity contribution in [1.29, 1.82) is 0 Å². The van der Waals surface area contributed by atoms with Crippen molar-refractivity contribution in [2.75, 3.05) is 13.1 Å². The highest BCUT2D eigenvalue weighted by molar-refractivity contribution is 5.79. The molecule has 3 amide bonds. The molecule has 1 aliphatic rings. The summed E-state index contributed by atoms with van der Waals surface area (Å²) in [5, 5.41) is 5.20. The third-order valence-corrected chi connectivity index (χ3v) is 3.07. The predicted molar refractivity (Wildman–Crippen MR) is 65.1 cm³/mol. The molecule has 0 aliphatic heterocycles. The van der Waals surface area contributed by atoms with Crippen LogP contribution in [0.2, 0.25) is 0 Å². The van der Waals surface area contributed by atoms with E-state index in [1.54, 1.807) is 0 Å². The summed E-state index contributed by atoms with van der Waals surface area (Å²) >= 11 is 0. The molecule has 17 heavy (non-hydrogen) atoms. The van der Waals surface area contributed by atoms with E-state index in [0.717, 1.165) is 19.3 Å². The van der Waals surface area contributed by atoms with Crippen LogP contribution in [0.4, 0.5) is 4.79 Å². The monoisotopic (exact) mass is 242 g/mol. The lowest BCUT2D eigenvalue weighted by molar-refractivity contribution is -0.126. The maximum Gasteiger partial charge on any atom is 0.312 e. The Morgan fingerprint density at radius 3 is 2.41 bits per heavy atom. The molecule has 98 valence electrons. The van der Waals surface area contributed by atoms with Gasteiger partial charge in [-0.15, -0.1) is 0 Å². The first-order valence-electron chi connectivity index (χ1n) is 6.05. The van der Waals surface area contributed by atoms with E-state index in [2.05, 4.69) is 17.6 Å². The first kappa shape index (κ1) is 13.8. The van der Waals surface area contributed by atoms with Crippen LogP contribution >= 0.6 is 0 Å². The van der Waals surface area contributed by atoms with Gasteiger partial charge in [0.2, 0.25) is 5.91 Å². The van der Waals surface area contributed by atoms with Crippen molar-refractivity contribution in [3.8, 4) is 0 Å². The zero-order chi connectivity index (χ0) is 12.8. The molecule has 6 nitrogen and oxygen atoms in total. The van der Waals surface area contributed by atoms with Crippen molar-refractivity contribution >= 4 is 11.9 Å². The topological polar surface area (TPSA) is 110 Å². The Morgan fingerprint density at radius 1 is 1.18 bits per heavy atom. The summed E-state index contributed by atoms with van der Waals surface area (Å²) in [4.78, 5) is 22.2. The van der Waals surface area contributed by atoms with Gasteiger partial charge in [-0.1, -0.05) is 6.92 Å². The Bertz CT molecular complexity index is 273.